The van der Waals surface area contributed by atoms with Crippen molar-refractivity contribution in [3.05, 3.63) is 70.5 Å². The third-order valence-corrected chi connectivity index (χ3v) is 8.78. The summed E-state index contributed by atoms with van der Waals surface area (Å²) in [5.74, 6) is -0.290. The molecule has 16 heteroatoms. The highest BCUT2D eigenvalue weighted by molar-refractivity contribution is 7.84. The Morgan fingerprint density at radius 1 is 1.00 bits per heavy atom. The van der Waals surface area contributed by atoms with Crippen LogP contribution in [0.15, 0.2) is 42.6 Å². The molecule has 1 aromatic heterocycles. The molecule has 1 amide bonds. The van der Waals surface area contributed by atoms with E-state index >= 15 is 0 Å². The van der Waals surface area contributed by atoms with Gasteiger partial charge in [-0.25, -0.2) is 9.59 Å². The summed E-state index contributed by atoms with van der Waals surface area (Å²) in [7, 11) is -2.88. The second-order valence-corrected chi connectivity index (χ2v) is 15.7. The van der Waals surface area contributed by atoms with E-state index in [9.17, 15) is 22.8 Å². The van der Waals surface area contributed by atoms with Crippen molar-refractivity contribution in [3.8, 4) is 11.5 Å². The molecule has 2 aromatic carbocycles. The van der Waals surface area contributed by atoms with Gasteiger partial charge in [0.2, 0.25) is 0 Å². The third kappa shape index (κ3) is 11.7. The Bertz CT molecular complexity index is 1830. The van der Waals surface area contributed by atoms with Crippen LogP contribution in [0.5, 0.6) is 11.5 Å². The van der Waals surface area contributed by atoms with E-state index in [1.54, 1.807) is 88.8 Å². The molecule has 1 atom stereocenters. The summed E-state index contributed by atoms with van der Waals surface area (Å²) in [6.07, 6.45) is 2.09. The third-order valence-electron chi connectivity index (χ3n) is 7.50. The molecule has 0 aliphatic carbocycles. The maximum absolute atomic E-state index is 13.2. The zero-order valence-electron chi connectivity index (χ0n) is 30.3. The average Bonchev–Trinajstić information content (AvgIpc) is 3.49. The molecule has 0 fully saturated rings. The lowest BCUT2D eigenvalue weighted by molar-refractivity contribution is -0.141. The van der Waals surface area contributed by atoms with Crippen LogP contribution in [0.3, 0.4) is 0 Å². The number of alkyl carbamates (subject to hydrolysis) is 1. The van der Waals surface area contributed by atoms with Crippen LogP contribution in [-0.4, -0.2) is 70.7 Å². The number of benzene rings is 2. The minimum absolute atomic E-state index is 0.0260. The van der Waals surface area contributed by atoms with Crippen LogP contribution in [0.25, 0.3) is 0 Å². The summed E-state index contributed by atoms with van der Waals surface area (Å²) in [6.45, 7) is 13.3. The van der Waals surface area contributed by atoms with E-state index < -0.39 is 45.6 Å². The van der Waals surface area contributed by atoms with E-state index in [2.05, 4.69) is 15.6 Å². The van der Waals surface area contributed by atoms with E-state index in [0.29, 0.717) is 48.4 Å². The van der Waals surface area contributed by atoms with Gasteiger partial charge in [-0.05, 0) is 96.2 Å². The summed E-state index contributed by atoms with van der Waals surface area (Å²) in [6, 6.07) is 9.50. The molecule has 0 spiro atoms. The number of amides is 1. The molecule has 0 radical (unpaired) electrons. The number of fused-ring (bicyclic) bond motifs is 1. The van der Waals surface area contributed by atoms with E-state index in [1.165, 1.54) is 11.4 Å². The number of nitrogens with one attached hydrogen (secondary N) is 1. The van der Waals surface area contributed by atoms with E-state index in [-0.39, 0.29) is 31.0 Å². The number of unbranched alkanes of at least 4 members (excludes halogenated alkanes) is 1. The molecule has 3 aromatic rings. The van der Waals surface area contributed by atoms with Gasteiger partial charge < -0.3 is 28.4 Å². The summed E-state index contributed by atoms with van der Waals surface area (Å²) in [5.41, 5.74) is 1.43. The molecule has 2 heterocycles. The normalized spacial score (nSPS) is 14.8. The predicted octanol–water partition coefficient (Wildman–Crippen LogP) is 5.17. The number of aryl methyl sites for hydroxylation is 2. The van der Waals surface area contributed by atoms with Crippen molar-refractivity contribution < 1.29 is 45.9 Å². The Labute approximate surface area is 298 Å². The Balaban J connectivity index is 1.38. The summed E-state index contributed by atoms with van der Waals surface area (Å²) < 4.78 is 56.1. The quantitative estimate of drug-likeness (QED) is 0.139. The van der Waals surface area contributed by atoms with Gasteiger partial charge in [0.1, 0.15) is 22.7 Å². The minimum atomic E-state index is -4.14. The highest BCUT2D eigenvalue weighted by atomic mass is 32.2. The summed E-state index contributed by atoms with van der Waals surface area (Å²) >= 11 is 0. The van der Waals surface area contributed by atoms with Crippen molar-refractivity contribution in [2.24, 2.45) is 0 Å². The van der Waals surface area contributed by atoms with Crippen LogP contribution in [0.4, 0.5) is 4.79 Å². The number of carbonyl (C=O) groups is 3. The molecule has 0 saturated carbocycles. The molecule has 1 unspecified atom stereocenters. The number of ether oxygens (including phenoxy) is 4. The topological polar surface area (TPSA) is 177 Å². The van der Waals surface area contributed by atoms with Crippen molar-refractivity contribution >= 4 is 28.3 Å². The highest BCUT2D eigenvalue weighted by Crippen LogP contribution is 2.34. The fourth-order valence-electron chi connectivity index (χ4n) is 5.04. The first kappa shape index (κ1) is 39.1. The van der Waals surface area contributed by atoms with Crippen LogP contribution in [0.1, 0.15) is 99.6 Å². The maximum Gasteiger partial charge on any atom is 0.408 e. The molecule has 1 aliphatic rings. The smallest absolute Gasteiger partial charge is 0.408 e. The van der Waals surface area contributed by atoms with Gasteiger partial charge in [0.05, 0.1) is 32.4 Å². The number of esters is 2. The van der Waals surface area contributed by atoms with Gasteiger partial charge in [0, 0.05) is 25.2 Å². The molecule has 15 nitrogen and oxygen atoms in total. The van der Waals surface area contributed by atoms with E-state index in [1.807, 2.05) is 6.92 Å². The molecule has 51 heavy (non-hydrogen) atoms. The fourth-order valence-corrected chi connectivity index (χ4v) is 6.13. The lowest BCUT2D eigenvalue weighted by atomic mass is 9.98. The second-order valence-electron chi connectivity index (χ2n) is 14.2. The van der Waals surface area contributed by atoms with Crippen molar-refractivity contribution in [1.29, 1.82) is 0 Å². The highest BCUT2D eigenvalue weighted by Gasteiger charge is 2.33. The van der Waals surface area contributed by atoms with Crippen molar-refractivity contribution in [2.45, 2.75) is 105 Å². The molecule has 4 rings (SSSR count). The molecular formula is C35H47N5O10S. The number of hydrogen-bond donors (Lipinski definition) is 1. The Hall–Kier alpha value is -4.70. The zero-order chi connectivity index (χ0) is 37.6. The fraction of sp³-hybridized carbons (Fsp3) is 0.514. The maximum atomic E-state index is 13.2. The number of nitrogens with zero attached hydrogens (tertiary/aromatic N) is 4. The first-order chi connectivity index (χ1) is 23.8. The molecule has 1 N–H and O–H groups in total. The Kier molecular flexibility index (Phi) is 12.3. The second kappa shape index (κ2) is 16.1. The summed E-state index contributed by atoms with van der Waals surface area (Å²) in [4.78, 5) is 37.0. The average molecular weight is 730 g/mol. The van der Waals surface area contributed by atoms with Gasteiger partial charge in [-0.15, -0.1) is 5.10 Å². The number of rotatable bonds is 13. The van der Waals surface area contributed by atoms with Crippen LogP contribution < -0.4 is 14.2 Å². The molecule has 0 bridgehead atoms. The van der Waals surface area contributed by atoms with Crippen molar-refractivity contribution in [1.82, 2.24) is 24.6 Å². The Morgan fingerprint density at radius 2 is 1.73 bits per heavy atom. The van der Waals surface area contributed by atoms with Gasteiger partial charge in [0.15, 0.2) is 5.69 Å². The van der Waals surface area contributed by atoms with Gasteiger partial charge in [-0.1, -0.05) is 23.4 Å². The minimum Gasteiger partial charge on any atom is -0.494 e. The number of methoxy groups -OCH3 is 1. The molecule has 278 valence electrons. The monoisotopic (exact) mass is 729 g/mol. The van der Waals surface area contributed by atoms with Crippen molar-refractivity contribution in [3.63, 3.8) is 0 Å². The lowest BCUT2D eigenvalue weighted by Gasteiger charge is -2.29. The van der Waals surface area contributed by atoms with Crippen molar-refractivity contribution in [2.75, 3.05) is 13.7 Å². The SMILES string of the molecule is COC(=O)CC(NC(=O)OC(C)(C)C)c1ccc(C)c(CN2Cc3cc(OCCCCn4cc(C(=O)OC(C)(C)C)nn4)ccc3OS2(=O)=O)c1. The van der Waals surface area contributed by atoms with Crippen LogP contribution >= 0.6 is 0 Å². The molecule has 0 saturated heterocycles. The number of carbonyl (C=O) groups excluding carboxylic acids is 3. The summed E-state index contributed by atoms with van der Waals surface area (Å²) in [5, 5.41) is 10.6. The van der Waals surface area contributed by atoms with Crippen LogP contribution in [-0.2, 0) is 48.9 Å². The number of aromatic nitrogens is 3. The van der Waals surface area contributed by atoms with Gasteiger partial charge in [-0.3, -0.25) is 9.48 Å². The predicted molar refractivity (Wildman–Crippen MR) is 185 cm³/mol. The van der Waals surface area contributed by atoms with E-state index in [4.69, 9.17) is 23.1 Å². The Morgan fingerprint density at radius 3 is 2.41 bits per heavy atom. The van der Waals surface area contributed by atoms with Crippen LogP contribution in [0, 0.1) is 6.92 Å². The first-order valence-electron chi connectivity index (χ1n) is 16.6. The lowest BCUT2D eigenvalue weighted by Crippen LogP contribution is -2.37. The van der Waals surface area contributed by atoms with Gasteiger partial charge >= 0.3 is 28.3 Å². The van der Waals surface area contributed by atoms with Gasteiger partial charge in [-0.2, -0.15) is 12.7 Å². The standard InChI is InChI=1S/C35H47N5O10S/c1-23-11-12-24(28(19-31(41)46-8)36-33(43)49-35(5,6)7)17-25(23)20-40-21-26-18-27(13-14-30(26)50-51(40,44)45)47-16-10-9-15-39-22-29(37-38-39)32(42)48-34(2,3)4/h11-14,17-18,22,28H,9-10,15-16,19-21H2,1-8H3,(H,36,43). The molecule has 1 aliphatic heterocycles. The number of hydrogen-bond acceptors (Lipinski definition) is 12. The van der Waals surface area contributed by atoms with Crippen LogP contribution in [0.2, 0.25) is 0 Å². The van der Waals surface area contributed by atoms with E-state index in [0.717, 1.165) is 5.56 Å². The first-order valence-corrected chi connectivity index (χ1v) is 17.9. The molecular weight excluding hydrogens is 682 g/mol. The van der Waals surface area contributed by atoms with Gasteiger partial charge in [0.25, 0.3) is 0 Å². The zero-order valence-corrected chi connectivity index (χ0v) is 31.2. The largest absolute Gasteiger partial charge is 0.494 e.